The smallest absolute Gasteiger partial charge is 0.0439 e. The van der Waals surface area contributed by atoms with E-state index < -0.39 is 0 Å². The van der Waals surface area contributed by atoms with Crippen LogP contribution < -0.4 is 0 Å². The fourth-order valence-corrected chi connectivity index (χ4v) is 3.39. The quantitative estimate of drug-likeness (QED) is 0.482. The van der Waals surface area contributed by atoms with E-state index in [0.717, 1.165) is 34.9 Å². The van der Waals surface area contributed by atoms with Crippen LogP contribution in [0, 0.1) is 5.92 Å². The molecule has 0 bridgehead atoms. The van der Waals surface area contributed by atoms with Gasteiger partial charge in [0.2, 0.25) is 0 Å². The molecule has 2 unspecified atom stereocenters. The van der Waals surface area contributed by atoms with E-state index in [0.29, 0.717) is 11.3 Å². The van der Waals surface area contributed by atoms with Gasteiger partial charge in [-0.25, -0.2) is 0 Å². The van der Waals surface area contributed by atoms with E-state index in [-0.39, 0.29) is 0 Å². The van der Waals surface area contributed by atoms with Crippen molar-refractivity contribution in [1.82, 2.24) is 0 Å². The van der Waals surface area contributed by atoms with Crippen LogP contribution in [0.3, 0.4) is 0 Å². The molecule has 2 rings (SSSR count). The summed E-state index contributed by atoms with van der Waals surface area (Å²) in [6.45, 7) is 0. The Labute approximate surface area is 118 Å². The Bertz CT molecular complexity index is 376. The number of hydrogen-bond donors (Lipinski definition) is 0. The Balaban J connectivity index is 2.06. The van der Waals surface area contributed by atoms with Crippen LogP contribution in [0.5, 0.6) is 0 Å². The van der Waals surface area contributed by atoms with E-state index in [4.69, 9.17) is 34.8 Å². The van der Waals surface area contributed by atoms with E-state index in [2.05, 4.69) is 0 Å². The summed E-state index contributed by atoms with van der Waals surface area (Å²) in [4.78, 5) is 0. The van der Waals surface area contributed by atoms with E-state index in [1.807, 2.05) is 18.2 Å². The molecule has 2 atom stereocenters. The molecule has 0 spiro atoms. The molecule has 1 aromatic carbocycles. The van der Waals surface area contributed by atoms with Crippen molar-refractivity contribution in [1.29, 1.82) is 0 Å². The minimum atomic E-state index is 0.334. The molecule has 0 aliphatic heterocycles. The lowest BCUT2D eigenvalue weighted by Gasteiger charge is -2.17. The maximum absolute atomic E-state index is 6.29. The van der Waals surface area contributed by atoms with Crippen molar-refractivity contribution in [3.8, 4) is 0 Å². The molecule has 1 aromatic rings. The fraction of sp³-hybridized carbons (Fsp3) is 0.571. The van der Waals surface area contributed by atoms with Crippen LogP contribution in [-0.2, 0) is 6.42 Å². The molecule has 1 fully saturated rings. The summed E-state index contributed by atoms with van der Waals surface area (Å²) >= 11 is 18.5. The lowest BCUT2D eigenvalue weighted by Crippen LogP contribution is -2.09. The van der Waals surface area contributed by atoms with E-state index >= 15 is 0 Å². The molecule has 0 heterocycles. The number of benzene rings is 1. The van der Waals surface area contributed by atoms with E-state index in [1.54, 1.807) is 0 Å². The summed E-state index contributed by atoms with van der Waals surface area (Å²) in [5.41, 5.74) is 1.16. The molecular formula is C14H17Cl3. The maximum Gasteiger partial charge on any atom is 0.0439 e. The molecular weight excluding hydrogens is 275 g/mol. The molecule has 0 nitrogen and oxygen atoms in total. The summed E-state index contributed by atoms with van der Waals surface area (Å²) < 4.78 is 0. The van der Waals surface area contributed by atoms with Gasteiger partial charge in [0.25, 0.3) is 0 Å². The van der Waals surface area contributed by atoms with Gasteiger partial charge in [-0.05, 0) is 48.9 Å². The van der Waals surface area contributed by atoms with Gasteiger partial charge in [-0.1, -0.05) is 42.5 Å². The number of rotatable bonds is 2. The van der Waals surface area contributed by atoms with Crippen molar-refractivity contribution >= 4 is 34.8 Å². The van der Waals surface area contributed by atoms with Gasteiger partial charge in [0.15, 0.2) is 0 Å². The third kappa shape index (κ3) is 4.05. The first-order chi connectivity index (χ1) is 8.15. The summed E-state index contributed by atoms with van der Waals surface area (Å²) in [6.07, 6.45) is 7.06. The highest BCUT2D eigenvalue weighted by Crippen LogP contribution is 2.31. The van der Waals surface area contributed by atoms with Crippen LogP contribution >= 0.6 is 34.8 Å². The largest absolute Gasteiger partial charge is 0.123 e. The monoisotopic (exact) mass is 290 g/mol. The van der Waals surface area contributed by atoms with Gasteiger partial charge in [0.1, 0.15) is 0 Å². The highest BCUT2D eigenvalue weighted by Gasteiger charge is 2.19. The molecule has 1 saturated carbocycles. The predicted octanol–water partition coefficient (Wildman–Crippen LogP) is 5.72. The normalized spacial score (nSPS) is 25.6. The van der Waals surface area contributed by atoms with Crippen molar-refractivity contribution < 1.29 is 0 Å². The molecule has 0 radical (unpaired) electrons. The van der Waals surface area contributed by atoms with Gasteiger partial charge in [0.05, 0.1) is 0 Å². The number of hydrogen-bond acceptors (Lipinski definition) is 0. The van der Waals surface area contributed by atoms with Gasteiger partial charge < -0.3 is 0 Å². The van der Waals surface area contributed by atoms with Crippen LogP contribution in [-0.4, -0.2) is 5.38 Å². The molecule has 0 N–H and O–H groups in total. The van der Waals surface area contributed by atoms with Crippen molar-refractivity contribution in [2.24, 2.45) is 5.92 Å². The second kappa shape index (κ2) is 6.31. The lowest BCUT2D eigenvalue weighted by atomic mass is 9.92. The Kier molecular flexibility index (Phi) is 5.02. The topological polar surface area (TPSA) is 0 Å². The summed E-state index contributed by atoms with van der Waals surface area (Å²) in [5.74, 6) is 0.649. The summed E-state index contributed by atoms with van der Waals surface area (Å²) in [7, 11) is 0. The Morgan fingerprint density at radius 1 is 1.12 bits per heavy atom. The first-order valence-electron chi connectivity index (χ1n) is 6.23. The van der Waals surface area contributed by atoms with Crippen molar-refractivity contribution in [2.45, 2.75) is 43.9 Å². The predicted molar refractivity (Wildman–Crippen MR) is 76.4 cm³/mol. The van der Waals surface area contributed by atoms with Crippen LogP contribution in [0.25, 0.3) is 0 Å². The first-order valence-corrected chi connectivity index (χ1v) is 7.42. The Morgan fingerprint density at radius 3 is 2.71 bits per heavy atom. The molecule has 94 valence electrons. The molecule has 1 aliphatic carbocycles. The zero-order chi connectivity index (χ0) is 12.3. The zero-order valence-corrected chi connectivity index (χ0v) is 12.0. The Morgan fingerprint density at radius 2 is 1.88 bits per heavy atom. The van der Waals surface area contributed by atoms with E-state index in [1.165, 1.54) is 19.3 Å². The van der Waals surface area contributed by atoms with Gasteiger partial charge >= 0.3 is 0 Å². The summed E-state index contributed by atoms with van der Waals surface area (Å²) in [5, 5.41) is 1.92. The van der Waals surface area contributed by atoms with Gasteiger partial charge in [-0.15, -0.1) is 11.6 Å². The van der Waals surface area contributed by atoms with E-state index in [9.17, 15) is 0 Å². The van der Waals surface area contributed by atoms with Gasteiger partial charge in [-0.3, -0.25) is 0 Å². The minimum absolute atomic E-state index is 0.334. The molecule has 17 heavy (non-hydrogen) atoms. The fourth-order valence-electron chi connectivity index (χ4n) is 2.59. The van der Waals surface area contributed by atoms with Crippen LogP contribution in [0.4, 0.5) is 0 Å². The van der Waals surface area contributed by atoms with Crippen molar-refractivity contribution in [3.05, 3.63) is 33.8 Å². The SMILES string of the molecule is Clc1ccc(Cl)c(CC2CCCCC(Cl)C2)c1. The van der Waals surface area contributed by atoms with Gasteiger partial charge in [0, 0.05) is 15.4 Å². The standard InChI is InChI=1S/C14H17Cl3/c15-12-4-2-1-3-10(8-12)7-11-9-13(16)5-6-14(11)17/h5-6,9-10,12H,1-4,7-8H2. The van der Waals surface area contributed by atoms with Crippen molar-refractivity contribution in [3.63, 3.8) is 0 Å². The van der Waals surface area contributed by atoms with Crippen LogP contribution in [0.2, 0.25) is 10.0 Å². The highest BCUT2D eigenvalue weighted by atomic mass is 35.5. The highest BCUT2D eigenvalue weighted by molar-refractivity contribution is 6.33. The first kappa shape index (κ1) is 13.5. The van der Waals surface area contributed by atoms with Crippen LogP contribution in [0.1, 0.15) is 37.7 Å². The maximum atomic E-state index is 6.29. The molecule has 0 saturated heterocycles. The lowest BCUT2D eigenvalue weighted by molar-refractivity contribution is 0.460. The third-order valence-corrected chi connectivity index (χ3v) is 4.49. The van der Waals surface area contributed by atoms with Gasteiger partial charge in [-0.2, -0.15) is 0 Å². The third-order valence-electron chi connectivity index (χ3n) is 3.49. The Hall–Kier alpha value is 0.0900. The average Bonchev–Trinajstić information content (AvgIpc) is 2.48. The number of halogens is 3. The molecule has 3 heteroatoms. The second-order valence-corrected chi connectivity index (χ2v) is 6.38. The second-order valence-electron chi connectivity index (χ2n) is 4.92. The molecule has 1 aliphatic rings. The number of alkyl halides is 1. The molecule has 0 amide bonds. The minimum Gasteiger partial charge on any atom is -0.123 e. The zero-order valence-electron chi connectivity index (χ0n) is 9.76. The van der Waals surface area contributed by atoms with Crippen molar-refractivity contribution in [2.75, 3.05) is 0 Å². The molecule has 0 aromatic heterocycles. The van der Waals surface area contributed by atoms with Crippen LogP contribution in [0.15, 0.2) is 18.2 Å². The summed E-state index contributed by atoms with van der Waals surface area (Å²) in [6, 6.07) is 5.71. The average molecular weight is 292 g/mol.